The third-order valence-corrected chi connectivity index (χ3v) is 2.42. The van der Waals surface area contributed by atoms with Crippen LogP contribution in [-0.4, -0.2) is 4.92 Å². The second kappa shape index (κ2) is 5.29. The van der Waals surface area contributed by atoms with E-state index in [1.165, 1.54) is 12.5 Å². The first-order valence-electron chi connectivity index (χ1n) is 4.97. The smallest absolute Gasteiger partial charge is 0.239 e. The lowest BCUT2D eigenvalue weighted by Crippen LogP contribution is -1.96. The molecule has 0 saturated heterocycles. The first-order chi connectivity index (χ1) is 7.11. The van der Waals surface area contributed by atoms with Crippen molar-refractivity contribution in [2.45, 2.75) is 26.2 Å². The molecule has 0 spiro atoms. The van der Waals surface area contributed by atoms with E-state index in [0.29, 0.717) is 12.3 Å². The van der Waals surface area contributed by atoms with Gasteiger partial charge in [0.05, 0.1) is 4.92 Å². The molecule has 15 heavy (non-hydrogen) atoms. The Morgan fingerprint density at radius 3 is 2.60 bits per heavy atom. The maximum atomic E-state index is 10.4. The highest BCUT2D eigenvalue weighted by Gasteiger charge is 2.06. The molecule has 0 aliphatic rings. The number of hydrogen-bond acceptors (Lipinski definition) is 2. The molecule has 1 aromatic carbocycles. The van der Waals surface area contributed by atoms with Gasteiger partial charge in [-0.1, -0.05) is 37.3 Å². The van der Waals surface area contributed by atoms with Gasteiger partial charge in [-0.2, -0.15) is 0 Å². The molecule has 1 aromatic rings. The van der Waals surface area contributed by atoms with Gasteiger partial charge in [0, 0.05) is 6.92 Å². The van der Waals surface area contributed by atoms with Gasteiger partial charge >= 0.3 is 0 Å². The van der Waals surface area contributed by atoms with Crippen molar-refractivity contribution < 1.29 is 4.92 Å². The molecule has 3 heteroatoms. The molecule has 0 aliphatic heterocycles. The van der Waals surface area contributed by atoms with Crippen molar-refractivity contribution in [2.24, 2.45) is 0 Å². The Hall–Kier alpha value is -1.64. The molecule has 0 aliphatic carbocycles. The van der Waals surface area contributed by atoms with Crippen LogP contribution in [0.4, 0.5) is 0 Å². The van der Waals surface area contributed by atoms with Crippen LogP contribution in [0.25, 0.3) is 0 Å². The van der Waals surface area contributed by atoms with Crippen molar-refractivity contribution in [3.05, 3.63) is 57.8 Å². The van der Waals surface area contributed by atoms with E-state index < -0.39 is 0 Å². The summed E-state index contributed by atoms with van der Waals surface area (Å²) < 4.78 is 0. The molecule has 1 atom stereocenters. The fourth-order valence-corrected chi connectivity index (χ4v) is 1.34. The number of hydrogen-bond donors (Lipinski definition) is 0. The Morgan fingerprint density at radius 1 is 1.47 bits per heavy atom. The SMILES string of the molecule is C/C(=C\CC(C)c1ccccc1)[N+](=O)[O-]. The monoisotopic (exact) mass is 205 g/mol. The second-order valence-corrected chi connectivity index (χ2v) is 3.65. The molecule has 0 fully saturated rings. The zero-order valence-corrected chi connectivity index (χ0v) is 9.01. The van der Waals surface area contributed by atoms with Gasteiger partial charge in [0.2, 0.25) is 5.70 Å². The Bertz CT molecular complexity index is 357. The maximum Gasteiger partial charge on any atom is 0.239 e. The van der Waals surface area contributed by atoms with Crippen LogP contribution < -0.4 is 0 Å². The Labute approximate surface area is 89.6 Å². The van der Waals surface area contributed by atoms with Gasteiger partial charge in [-0.3, -0.25) is 10.1 Å². The van der Waals surface area contributed by atoms with Crippen molar-refractivity contribution in [3.8, 4) is 0 Å². The van der Waals surface area contributed by atoms with E-state index in [1.54, 1.807) is 6.08 Å². The van der Waals surface area contributed by atoms with E-state index in [4.69, 9.17) is 0 Å². The number of rotatable bonds is 4. The molecule has 1 rings (SSSR count). The van der Waals surface area contributed by atoms with E-state index in [-0.39, 0.29) is 10.6 Å². The van der Waals surface area contributed by atoms with Gasteiger partial charge in [0.25, 0.3) is 0 Å². The quantitative estimate of drug-likeness (QED) is 0.558. The lowest BCUT2D eigenvalue weighted by molar-refractivity contribution is -0.424. The summed E-state index contributed by atoms with van der Waals surface area (Å²) in [5, 5.41) is 10.4. The number of allylic oxidation sites excluding steroid dienone is 2. The second-order valence-electron chi connectivity index (χ2n) is 3.65. The first-order valence-corrected chi connectivity index (χ1v) is 4.97. The molecular formula is C12H15NO2. The molecule has 0 saturated carbocycles. The lowest BCUT2D eigenvalue weighted by atomic mass is 9.97. The average Bonchev–Trinajstić information content (AvgIpc) is 2.26. The van der Waals surface area contributed by atoms with Gasteiger partial charge in [0.1, 0.15) is 0 Å². The van der Waals surface area contributed by atoms with Gasteiger partial charge < -0.3 is 0 Å². The van der Waals surface area contributed by atoms with Crippen molar-refractivity contribution in [1.29, 1.82) is 0 Å². The summed E-state index contributed by atoms with van der Waals surface area (Å²) in [7, 11) is 0. The van der Waals surface area contributed by atoms with Crippen LogP contribution in [0, 0.1) is 10.1 Å². The zero-order chi connectivity index (χ0) is 11.3. The third kappa shape index (κ3) is 3.54. The summed E-state index contributed by atoms with van der Waals surface area (Å²) in [6, 6.07) is 10.0. The summed E-state index contributed by atoms with van der Waals surface area (Å²) in [5.41, 5.74) is 1.43. The van der Waals surface area contributed by atoms with Gasteiger partial charge in [0.15, 0.2) is 0 Å². The van der Waals surface area contributed by atoms with Crippen molar-refractivity contribution in [1.82, 2.24) is 0 Å². The summed E-state index contributed by atoms with van der Waals surface area (Å²) >= 11 is 0. The standard InChI is InChI=1S/C12H15NO2/c1-10(8-9-11(2)13(14)15)12-6-4-3-5-7-12/h3-7,9-10H,8H2,1-2H3/b11-9+. The fraction of sp³-hybridized carbons (Fsp3) is 0.333. The minimum Gasteiger partial charge on any atom is -0.259 e. The fourth-order valence-electron chi connectivity index (χ4n) is 1.34. The molecular weight excluding hydrogens is 190 g/mol. The van der Waals surface area contributed by atoms with Crippen LogP contribution in [0.3, 0.4) is 0 Å². The van der Waals surface area contributed by atoms with E-state index in [1.807, 2.05) is 30.3 Å². The van der Waals surface area contributed by atoms with Crippen molar-refractivity contribution >= 4 is 0 Å². The molecule has 1 unspecified atom stereocenters. The van der Waals surface area contributed by atoms with Crippen LogP contribution in [-0.2, 0) is 0 Å². The molecule has 0 bridgehead atoms. The van der Waals surface area contributed by atoms with Crippen LogP contribution >= 0.6 is 0 Å². The first kappa shape index (κ1) is 11.4. The minimum absolute atomic E-state index is 0.220. The topological polar surface area (TPSA) is 43.1 Å². The molecule has 0 aromatic heterocycles. The van der Waals surface area contributed by atoms with Crippen molar-refractivity contribution in [3.63, 3.8) is 0 Å². The maximum absolute atomic E-state index is 10.4. The minimum atomic E-state index is -0.349. The van der Waals surface area contributed by atoms with E-state index in [0.717, 1.165) is 0 Å². The third-order valence-electron chi connectivity index (χ3n) is 2.42. The van der Waals surface area contributed by atoms with E-state index >= 15 is 0 Å². The van der Waals surface area contributed by atoms with Crippen molar-refractivity contribution in [2.75, 3.05) is 0 Å². The molecule has 0 radical (unpaired) electrons. The lowest BCUT2D eigenvalue weighted by Gasteiger charge is -2.07. The summed E-state index contributed by atoms with van der Waals surface area (Å²) in [5.74, 6) is 0.320. The number of benzene rings is 1. The highest BCUT2D eigenvalue weighted by molar-refractivity contribution is 5.19. The van der Waals surface area contributed by atoms with Crippen LogP contribution in [0.15, 0.2) is 42.1 Å². The molecule has 0 heterocycles. The largest absolute Gasteiger partial charge is 0.259 e. The van der Waals surface area contributed by atoms with Gasteiger partial charge in [-0.05, 0) is 24.0 Å². The molecule has 80 valence electrons. The summed E-state index contributed by atoms with van der Waals surface area (Å²) in [6.07, 6.45) is 2.38. The zero-order valence-electron chi connectivity index (χ0n) is 9.01. The Balaban J connectivity index is 2.61. The van der Waals surface area contributed by atoms with Crippen LogP contribution in [0.1, 0.15) is 31.7 Å². The predicted molar refractivity (Wildman–Crippen MR) is 60.2 cm³/mol. The molecule has 0 N–H and O–H groups in total. The summed E-state index contributed by atoms with van der Waals surface area (Å²) in [6.45, 7) is 3.59. The number of nitro groups is 1. The Kier molecular flexibility index (Phi) is 4.03. The van der Waals surface area contributed by atoms with Gasteiger partial charge in [-0.15, -0.1) is 0 Å². The normalized spacial score (nSPS) is 13.6. The highest BCUT2D eigenvalue weighted by Crippen LogP contribution is 2.19. The van der Waals surface area contributed by atoms with Gasteiger partial charge in [-0.25, -0.2) is 0 Å². The Morgan fingerprint density at radius 2 is 2.07 bits per heavy atom. The molecule has 3 nitrogen and oxygen atoms in total. The predicted octanol–water partition coefficient (Wildman–Crippen LogP) is 3.36. The summed E-state index contributed by atoms with van der Waals surface area (Å²) in [4.78, 5) is 10.0. The average molecular weight is 205 g/mol. The van der Waals surface area contributed by atoms with E-state index in [2.05, 4.69) is 6.92 Å². The van der Waals surface area contributed by atoms with E-state index in [9.17, 15) is 10.1 Å². The molecule has 0 amide bonds. The van der Waals surface area contributed by atoms with Crippen LogP contribution in [0.5, 0.6) is 0 Å². The number of nitrogens with zero attached hydrogens (tertiary/aromatic N) is 1. The highest BCUT2D eigenvalue weighted by atomic mass is 16.6. The van der Waals surface area contributed by atoms with Crippen LogP contribution in [0.2, 0.25) is 0 Å².